The lowest BCUT2D eigenvalue weighted by molar-refractivity contribution is -0.115. The highest BCUT2D eigenvalue weighted by Crippen LogP contribution is 2.18. The maximum atomic E-state index is 12.3. The Balaban J connectivity index is 1.56. The van der Waals surface area contributed by atoms with Gasteiger partial charge in [0.25, 0.3) is 0 Å². The average molecular weight is 341 g/mol. The molecule has 0 atom stereocenters. The Morgan fingerprint density at radius 2 is 2.08 bits per heavy atom. The van der Waals surface area contributed by atoms with Crippen molar-refractivity contribution in [2.24, 2.45) is 0 Å². The van der Waals surface area contributed by atoms with Crippen molar-refractivity contribution in [2.75, 3.05) is 25.0 Å². The van der Waals surface area contributed by atoms with Gasteiger partial charge in [0.1, 0.15) is 5.69 Å². The second kappa shape index (κ2) is 7.94. The topological polar surface area (TPSA) is 76.2 Å². The molecule has 1 aromatic carbocycles. The third-order valence-electron chi connectivity index (χ3n) is 4.24. The minimum absolute atomic E-state index is 0.137. The molecule has 0 unspecified atom stereocenters. The van der Waals surface area contributed by atoms with Gasteiger partial charge in [0, 0.05) is 18.1 Å². The molecule has 0 saturated heterocycles. The molecule has 2 heterocycles. The zero-order valence-electron chi connectivity index (χ0n) is 14.6. The second-order valence-corrected chi connectivity index (χ2v) is 5.87. The quantitative estimate of drug-likeness (QED) is 0.681. The van der Waals surface area contributed by atoms with Crippen molar-refractivity contribution >= 4 is 22.6 Å². The summed E-state index contributed by atoms with van der Waals surface area (Å²) in [5.41, 5.74) is 2.02. The summed E-state index contributed by atoms with van der Waals surface area (Å²) in [6, 6.07) is 7.52. The van der Waals surface area contributed by atoms with Gasteiger partial charge in [-0.05, 0) is 25.2 Å². The lowest BCUT2D eigenvalue weighted by Crippen LogP contribution is -2.27. The smallest absolute Gasteiger partial charge is 0.230 e. The van der Waals surface area contributed by atoms with E-state index in [1.807, 2.05) is 35.1 Å². The van der Waals surface area contributed by atoms with E-state index in [0.29, 0.717) is 17.0 Å². The highest BCUT2D eigenvalue weighted by Gasteiger charge is 2.13. The maximum absolute atomic E-state index is 12.3. The summed E-state index contributed by atoms with van der Waals surface area (Å²) in [6.45, 7) is 8.07. The summed E-state index contributed by atoms with van der Waals surface area (Å²) < 4.78 is 7.08. The third kappa shape index (κ3) is 4.24. The minimum atomic E-state index is -0.137. The van der Waals surface area contributed by atoms with Crippen LogP contribution in [0.4, 0.5) is 5.69 Å². The number of aromatic nitrogens is 3. The fraction of sp³-hybridized carbons (Fsp3) is 0.389. The minimum Gasteiger partial charge on any atom is -0.356 e. The molecule has 0 radical (unpaired) electrons. The molecule has 0 spiro atoms. The highest BCUT2D eigenvalue weighted by molar-refractivity contribution is 5.94. The Morgan fingerprint density at radius 3 is 2.88 bits per heavy atom. The molecule has 0 aliphatic rings. The van der Waals surface area contributed by atoms with E-state index in [1.54, 1.807) is 6.20 Å². The molecule has 2 aromatic heterocycles. The third-order valence-corrected chi connectivity index (χ3v) is 4.24. The van der Waals surface area contributed by atoms with Crippen molar-refractivity contribution in [2.45, 2.75) is 26.8 Å². The van der Waals surface area contributed by atoms with Gasteiger partial charge >= 0.3 is 0 Å². The first-order chi connectivity index (χ1) is 12.2. The predicted molar refractivity (Wildman–Crippen MR) is 96.4 cm³/mol. The number of hydrogen-bond donors (Lipinski definition) is 1. The van der Waals surface area contributed by atoms with Crippen molar-refractivity contribution in [1.82, 2.24) is 19.8 Å². The van der Waals surface area contributed by atoms with Gasteiger partial charge in [0.05, 0.1) is 24.8 Å². The van der Waals surface area contributed by atoms with Gasteiger partial charge in [-0.2, -0.15) is 5.10 Å². The Morgan fingerprint density at radius 1 is 1.28 bits per heavy atom. The van der Waals surface area contributed by atoms with Crippen LogP contribution in [0.1, 0.15) is 19.5 Å². The van der Waals surface area contributed by atoms with E-state index in [0.717, 1.165) is 31.6 Å². The fourth-order valence-corrected chi connectivity index (χ4v) is 2.76. The van der Waals surface area contributed by atoms with Gasteiger partial charge in [-0.15, -0.1) is 0 Å². The molecule has 3 rings (SSSR count). The number of para-hydroxylation sites is 1. The molecule has 0 bridgehead atoms. The van der Waals surface area contributed by atoms with Crippen LogP contribution < -0.4 is 5.32 Å². The zero-order valence-corrected chi connectivity index (χ0v) is 14.6. The van der Waals surface area contributed by atoms with Gasteiger partial charge in [0.2, 0.25) is 5.91 Å². The van der Waals surface area contributed by atoms with Crippen molar-refractivity contribution in [1.29, 1.82) is 0 Å². The number of carbonyl (C=O) groups is 1. The molecule has 0 fully saturated rings. The highest BCUT2D eigenvalue weighted by atomic mass is 16.5. The molecule has 0 saturated carbocycles. The first kappa shape index (κ1) is 17.2. The summed E-state index contributed by atoms with van der Waals surface area (Å²) in [6.07, 6.45) is 3.69. The van der Waals surface area contributed by atoms with Gasteiger partial charge in [0.15, 0.2) is 5.58 Å². The number of rotatable bonds is 8. The van der Waals surface area contributed by atoms with E-state index in [1.165, 1.54) is 0 Å². The van der Waals surface area contributed by atoms with Crippen molar-refractivity contribution in [3.05, 3.63) is 42.4 Å². The monoisotopic (exact) mass is 341 g/mol. The maximum Gasteiger partial charge on any atom is 0.230 e. The fourth-order valence-electron chi connectivity index (χ4n) is 2.76. The van der Waals surface area contributed by atoms with E-state index < -0.39 is 0 Å². The SMILES string of the molecule is CCN(CC)CCn1cc(NC(=O)Cc2noc3ccccc23)cn1. The van der Waals surface area contributed by atoms with E-state index in [9.17, 15) is 4.79 Å². The molecule has 1 amide bonds. The molecular weight excluding hydrogens is 318 g/mol. The van der Waals surface area contributed by atoms with Crippen LogP contribution >= 0.6 is 0 Å². The van der Waals surface area contributed by atoms with Crippen molar-refractivity contribution in [3.8, 4) is 0 Å². The van der Waals surface area contributed by atoms with Crippen molar-refractivity contribution < 1.29 is 9.32 Å². The van der Waals surface area contributed by atoms with Crippen LogP contribution in [0, 0.1) is 0 Å². The number of benzene rings is 1. The summed E-state index contributed by atoms with van der Waals surface area (Å²) in [5.74, 6) is -0.137. The Bertz CT molecular complexity index is 835. The van der Waals surface area contributed by atoms with Gasteiger partial charge in [-0.3, -0.25) is 9.48 Å². The summed E-state index contributed by atoms with van der Waals surface area (Å²) in [4.78, 5) is 14.6. The second-order valence-electron chi connectivity index (χ2n) is 5.87. The Kier molecular flexibility index (Phi) is 5.45. The Hall–Kier alpha value is -2.67. The van der Waals surface area contributed by atoms with Gasteiger partial charge in [-0.1, -0.05) is 31.1 Å². The first-order valence-corrected chi connectivity index (χ1v) is 8.57. The number of fused-ring (bicyclic) bond motifs is 1. The number of amides is 1. The number of nitrogens with zero attached hydrogens (tertiary/aromatic N) is 4. The molecule has 3 aromatic rings. The van der Waals surface area contributed by atoms with Gasteiger partial charge < -0.3 is 14.7 Å². The van der Waals surface area contributed by atoms with E-state index in [-0.39, 0.29) is 12.3 Å². The van der Waals surface area contributed by atoms with E-state index >= 15 is 0 Å². The first-order valence-electron chi connectivity index (χ1n) is 8.57. The molecule has 0 aliphatic heterocycles. The molecule has 0 aliphatic carbocycles. The van der Waals surface area contributed by atoms with Crippen LogP contribution in [0.25, 0.3) is 11.0 Å². The largest absolute Gasteiger partial charge is 0.356 e. The molecule has 25 heavy (non-hydrogen) atoms. The molecule has 132 valence electrons. The molecular formula is C18H23N5O2. The zero-order chi connectivity index (χ0) is 17.6. The average Bonchev–Trinajstić information content (AvgIpc) is 3.23. The molecule has 7 heteroatoms. The normalized spacial score (nSPS) is 11.3. The number of carbonyl (C=O) groups excluding carboxylic acids is 1. The lowest BCUT2D eigenvalue weighted by atomic mass is 10.1. The predicted octanol–water partition coefficient (Wildman–Crippen LogP) is 2.55. The van der Waals surface area contributed by atoms with Crippen LogP contribution in [0.5, 0.6) is 0 Å². The number of likely N-dealkylation sites (N-methyl/N-ethyl adjacent to an activating group) is 1. The van der Waals surface area contributed by atoms with Crippen LogP contribution in [0.2, 0.25) is 0 Å². The van der Waals surface area contributed by atoms with E-state index in [4.69, 9.17) is 4.52 Å². The lowest BCUT2D eigenvalue weighted by Gasteiger charge is -2.17. The van der Waals surface area contributed by atoms with Crippen LogP contribution in [-0.4, -0.2) is 45.4 Å². The molecule has 7 nitrogen and oxygen atoms in total. The van der Waals surface area contributed by atoms with E-state index in [2.05, 4.69) is 34.3 Å². The summed E-state index contributed by atoms with van der Waals surface area (Å²) in [7, 11) is 0. The molecule has 1 N–H and O–H groups in total. The summed E-state index contributed by atoms with van der Waals surface area (Å²) in [5, 5.41) is 12.0. The number of hydrogen-bond acceptors (Lipinski definition) is 5. The number of nitrogens with one attached hydrogen (secondary N) is 1. The van der Waals surface area contributed by atoms with Crippen LogP contribution in [0.3, 0.4) is 0 Å². The van der Waals surface area contributed by atoms with Crippen molar-refractivity contribution in [3.63, 3.8) is 0 Å². The van der Waals surface area contributed by atoms with Crippen LogP contribution in [-0.2, 0) is 17.8 Å². The Labute approximate surface area is 146 Å². The summed E-state index contributed by atoms with van der Waals surface area (Å²) >= 11 is 0. The van der Waals surface area contributed by atoms with Crippen LogP contribution in [0.15, 0.2) is 41.2 Å². The number of anilines is 1. The standard InChI is InChI=1S/C18H23N5O2/c1-3-22(4-2)9-10-23-13-14(12-19-23)20-18(24)11-16-15-7-5-6-8-17(15)25-21-16/h5-8,12-13H,3-4,9-11H2,1-2H3,(H,20,24). The van der Waals surface area contributed by atoms with Gasteiger partial charge in [-0.25, -0.2) is 0 Å².